The van der Waals surface area contributed by atoms with Gasteiger partial charge in [-0.05, 0) is 73.8 Å². The summed E-state index contributed by atoms with van der Waals surface area (Å²) < 4.78 is 0. The highest BCUT2D eigenvalue weighted by Gasteiger charge is 2.14. The molecule has 0 saturated heterocycles. The van der Waals surface area contributed by atoms with Crippen LogP contribution in [0.15, 0.2) is 146 Å². The Morgan fingerprint density at radius 2 is 0.957 bits per heavy atom. The lowest BCUT2D eigenvalue weighted by molar-refractivity contribution is 1.29. The van der Waals surface area contributed by atoms with Crippen molar-refractivity contribution in [2.24, 2.45) is 0 Å². The van der Waals surface area contributed by atoms with Crippen LogP contribution in [0.4, 0.5) is 0 Å². The number of hydrogen-bond acceptors (Lipinski definition) is 4. The number of hydrogen-bond donors (Lipinski definition) is 0. The molecule has 3 aromatic heterocycles. The lowest BCUT2D eigenvalue weighted by Gasteiger charge is -2.14. The van der Waals surface area contributed by atoms with Crippen molar-refractivity contribution in [3.05, 3.63) is 146 Å². The van der Waals surface area contributed by atoms with Gasteiger partial charge in [0.25, 0.3) is 0 Å². The molecule has 0 saturated carbocycles. The van der Waals surface area contributed by atoms with Crippen molar-refractivity contribution >= 4 is 65.2 Å². The third-order valence-electron chi connectivity index (χ3n) is 9.29. The van der Waals surface area contributed by atoms with Gasteiger partial charge in [-0.25, -0.2) is 9.97 Å². The minimum Gasteiger partial charge on any atom is -0.253 e. The standard InChI is InChI=1S/C42H24N4/c1-3-25-7-8-27-11-16-33(34-17-12-26(4-1)39(25)40(27)34)36-19-14-29-10-9-28-13-18-35(45-41(28)42(29)46-36)32-6-2-5-30(23-32)31-15-20-37-38(24-31)44-22-21-43-37/h1-24H. The fourth-order valence-electron chi connectivity index (χ4n) is 7.04. The van der Waals surface area contributed by atoms with Crippen LogP contribution in [0, 0.1) is 0 Å². The van der Waals surface area contributed by atoms with Crippen molar-refractivity contribution in [2.45, 2.75) is 0 Å². The molecule has 0 aliphatic heterocycles. The van der Waals surface area contributed by atoms with Gasteiger partial charge in [-0.2, -0.15) is 0 Å². The van der Waals surface area contributed by atoms with Gasteiger partial charge >= 0.3 is 0 Å². The van der Waals surface area contributed by atoms with E-state index in [9.17, 15) is 0 Å². The van der Waals surface area contributed by atoms with Gasteiger partial charge in [-0.3, -0.25) is 9.97 Å². The van der Waals surface area contributed by atoms with E-state index in [0.717, 1.165) is 66.5 Å². The first-order valence-corrected chi connectivity index (χ1v) is 15.5. The molecule has 10 rings (SSSR count). The van der Waals surface area contributed by atoms with Gasteiger partial charge in [0.1, 0.15) is 0 Å². The molecule has 0 bridgehead atoms. The smallest absolute Gasteiger partial charge is 0.0972 e. The van der Waals surface area contributed by atoms with Crippen LogP contribution in [-0.2, 0) is 0 Å². The molecular formula is C42H24N4. The molecule has 0 aliphatic carbocycles. The molecule has 212 valence electrons. The molecule has 0 N–H and O–H groups in total. The van der Waals surface area contributed by atoms with Crippen LogP contribution in [0.1, 0.15) is 0 Å². The highest BCUT2D eigenvalue weighted by molar-refractivity contribution is 6.25. The van der Waals surface area contributed by atoms with Crippen LogP contribution >= 0.6 is 0 Å². The molecule has 3 heterocycles. The van der Waals surface area contributed by atoms with E-state index in [1.807, 2.05) is 6.07 Å². The monoisotopic (exact) mass is 584 g/mol. The van der Waals surface area contributed by atoms with Crippen LogP contribution in [-0.4, -0.2) is 19.9 Å². The number of nitrogens with zero attached hydrogens (tertiary/aromatic N) is 4. The van der Waals surface area contributed by atoms with Crippen LogP contribution < -0.4 is 0 Å². The third kappa shape index (κ3) is 3.80. The summed E-state index contributed by atoms with van der Waals surface area (Å²) in [6, 6.07) is 47.5. The second-order valence-electron chi connectivity index (χ2n) is 11.9. The van der Waals surface area contributed by atoms with Crippen LogP contribution in [0.3, 0.4) is 0 Å². The molecule has 4 heteroatoms. The maximum Gasteiger partial charge on any atom is 0.0972 e. The van der Waals surface area contributed by atoms with Crippen molar-refractivity contribution in [2.75, 3.05) is 0 Å². The molecule has 46 heavy (non-hydrogen) atoms. The SMILES string of the molecule is c1cc(-c2ccc3nccnc3c2)cc(-c2ccc3ccc4ccc(-c5ccc6ccc7cccc8ccc5c6c78)nc4c3n2)c1. The van der Waals surface area contributed by atoms with Crippen molar-refractivity contribution < 1.29 is 0 Å². The van der Waals surface area contributed by atoms with Crippen LogP contribution in [0.2, 0.25) is 0 Å². The molecular weight excluding hydrogens is 560 g/mol. The highest BCUT2D eigenvalue weighted by Crippen LogP contribution is 2.39. The summed E-state index contributed by atoms with van der Waals surface area (Å²) in [5.74, 6) is 0. The zero-order chi connectivity index (χ0) is 30.2. The Bertz CT molecular complexity index is 2800. The Morgan fingerprint density at radius 1 is 0.370 bits per heavy atom. The second kappa shape index (κ2) is 9.62. The number of fused-ring (bicyclic) bond motifs is 4. The largest absolute Gasteiger partial charge is 0.253 e. The lowest BCUT2D eigenvalue weighted by Crippen LogP contribution is -1.92. The Labute approximate surface area is 264 Å². The van der Waals surface area contributed by atoms with Crippen molar-refractivity contribution in [3.8, 4) is 33.6 Å². The van der Waals surface area contributed by atoms with E-state index < -0.39 is 0 Å². The molecule has 0 radical (unpaired) electrons. The summed E-state index contributed by atoms with van der Waals surface area (Å²) in [5.41, 5.74) is 9.84. The van der Waals surface area contributed by atoms with Crippen molar-refractivity contribution in [3.63, 3.8) is 0 Å². The number of aromatic nitrogens is 4. The molecule has 0 amide bonds. The topological polar surface area (TPSA) is 51.6 Å². The average Bonchev–Trinajstić information content (AvgIpc) is 3.13. The van der Waals surface area contributed by atoms with Gasteiger partial charge in [-0.1, -0.05) is 103 Å². The number of benzene rings is 7. The maximum absolute atomic E-state index is 5.31. The maximum atomic E-state index is 5.31. The summed E-state index contributed by atoms with van der Waals surface area (Å²) in [7, 11) is 0. The predicted molar refractivity (Wildman–Crippen MR) is 190 cm³/mol. The first kappa shape index (κ1) is 25.1. The van der Waals surface area contributed by atoms with Crippen molar-refractivity contribution in [1.29, 1.82) is 0 Å². The fraction of sp³-hybridized carbons (Fsp3) is 0. The number of pyridine rings is 2. The van der Waals surface area contributed by atoms with Crippen molar-refractivity contribution in [1.82, 2.24) is 19.9 Å². The van der Waals surface area contributed by atoms with Gasteiger partial charge in [0.15, 0.2) is 0 Å². The Hall–Kier alpha value is -6.26. The minimum atomic E-state index is 0.882. The van der Waals surface area contributed by atoms with E-state index in [-0.39, 0.29) is 0 Å². The molecule has 0 atom stereocenters. The summed E-state index contributed by atoms with van der Waals surface area (Å²) in [4.78, 5) is 19.5. The predicted octanol–water partition coefficient (Wildman–Crippen LogP) is 10.6. The van der Waals surface area contributed by atoms with E-state index in [4.69, 9.17) is 9.97 Å². The Kier molecular flexibility index (Phi) is 5.25. The Morgan fingerprint density at radius 3 is 1.78 bits per heavy atom. The second-order valence-corrected chi connectivity index (χ2v) is 11.9. The molecule has 0 unspecified atom stereocenters. The minimum absolute atomic E-state index is 0.882. The highest BCUT2D eigenvalue weighted by atomic mass is 14.8. The average molecular weight is 585 g/mol. The molecule has 0 fully saturated rings. The fourth-order valence-corrected chi connectivity index (χ4v) is 7.04. The number of rotatable bonds is 3. The summed E-state index contributed by atoms with van der Waals surface area (Å²) in [5, 5.41) is 9.76. The van der Waals surface area contributed by atoms with Gasteiger partial charge in [0.2, 0.25) is 0 Å². The molecule has 0 spiro atoms. The van der Waals surface area contributed by atoms with E-state index in [0.29, 0.717) is 0 Å². The van der Waals surface area contributed by atoms with E-state index in [2.05, 4.69) is 137 Å². The third-order valence-corrected chi connectivity index (χ3v) is 9.29. The zero-order valence-corrected chi connectivity index (χ0v) is 24.6. The zero-order valence-electron chi connectivity index (χ0n) is 24.6. The molecule has 4 nitrogen and oxygen atoms in total. The van der Waals surface area contributed by atoms with Gasteiger partial charge in [0, 0.05) is 34.3 Å². The first-order chi connectivity index (χ1) is 22.8. The van der Waals surface area contributed by atoms with E-state index in [1.165, 1.54) is 32.3 Å². The van der Waals surface area contributed by atoms with Gasteiger partial charge < -0.3 is 0 Å². The summed E-state index contributed by atoms with van der Waals surface area (Å²) >= 11 is 0. The summed E-state index contributed by atoms with van der Waals surface area (Å²) in [6.07, 6.45) is 3.45. The first-order valence-electron chi connectivity index (χ1n) is 15.5. The molecule has 0 aliphatic rings. The van der Waals surface area contributed by atoms with E-state index in [1.54, 1.807) is 12.4 Å². The molecule has 10 aromatic rings. The lowest BCUT2D eigenvalue weighted by atomic mass is 9.91. The van der Waals surface area contributed by atoms with E-state index >= 15 is 0 Å². The van der Waals surface area contributed by atoms with Crippen LogP contribution in [0.25, 0.3) is 98.8 Å². The summed E-state index contributed by atoms with van der Waals surface area (Å²) in [6.45, 7) is 0. The molecule has 7 aromatic carbocycles. The normalized spacial score (nSPS) is 11.9. The van der Waals surface area contributed by atoms with Gasteiger partial charge in [-0.15, -0.1) is 0 Å². The Balaban J connectivity index is 1.13. The van der Waals surface area contributed by atoms with Gasteiger partial charge in [0.05, 0.1) is 33.5 Å². The van der Waals surface area contributed by atoms with Crippen LogP contribution in [0.5, 0.6) is 0 Å². The quantitative estimate of drug-likeness (QED) is 0.194.